The molecule has 2 heterocycles. The Bertz CT molecular complexity index is 1360. The summed E-state index contributed by atoms with van der Waals surface area (Å²) in [6, 6.07) is 19.2. The van der Waals surface area contributed by atoms with Gasteiger partial charge in [-0.15, -0.1) is 0 Å². The lowest BCUT2D eigenvalue weighted by Gasteiger charge is -2.31. The van der Waals surface area contributed by atoms with Crippen molar-refractivity contribution in [3.05, 3.63) is 113 Å². The number of anilines is 1. The molecular weight excluding hydrogens is 436 g/mol. The molecule has 0 radical (unpaired) electrons. The van der Waals surface area contributed by atoms with Gasteiger partial charge in [0.2, 0.25) is 0 Å². The highest BCUT2D eigenvalue weighted by atomic mass is 19.1. The number of amides is 2. The summed E-state index contributed by atoms with van der Waals surface area (Å²) < 4.78 is 36.0. The van der Waals surface area contributed by atoms with Crippen molar-refractivity contribution < 1.29 is 18.3 Å². The summed E-state index contributed by atoms with van der Waals surface area (Å²) in [4.78, 5) is 15.3. The Hall–Kier alpha value is -4.13. The lowest BCUT2D eigenvalue weighted by molar-refractivity contribution is 0.194. The number of halogens is 2. The van der Waals surface area contributed by atoms with Crippen molar-refractivity contribution in [1.29, 1.82) is 0 Å². The first-order valence-corrected chi connectivity index (χ1v) is 10.9. The van der Waals surface area contributed by atoms with E-state index in [2.05, 4.69) is 5.32 Å². The van der Waals surface area contributed by atoms with Crippen LogP contribution < -0.4 is 10.1 Å². The minimum absolute atomic E-state index is 0.237. The van der Waals surface area contributed by atoms with Crippen LogP contribution in [0.15, 0.2) is 79.0 Å². The molecule has 0 fully saturated rings. The second-order valence-electron chi connectivity index (χ2n) is 8.30. The van der Waals surface area contributed by atoms with Gasteiger partial charge in [-0.2, -0.15) is 0 Å². The van der Waals surface area contributed by atoms with Gasteiger partial charge in [-0.25, -0.2) is 13.6 Å². The molecule has 0 spiro atoms. The van der Waals surface area contributed by atoms with Gasteiger partial charge in [0.25, 0.3) is 0 Å². The predicted octanol–water partition coefficient (Wildman–Crippen LogP) is 6.21. The smallest absolute Gasteiger partial charge is 0.323 e. The fourth-order valence-corrected chi connectivity index (χ4v) is 4.53. The highest BCUT2D eigenvalue weighted by molar-refractivity contribution is 5.92. The molecule has 0 bridgehead atoms. The van der Waals surface area contributed by atoms with Gasteiger partial charge >= 0.3 is 6.03 Å². The number of aromatic nitrogens is 1. The molecule has 1 atom stereocenters. The van der Waals surface area contributed by atoms with Gasteiger partial charge in [0, 0.05) is 18.0 Å². The van der Waals surface area contributed by atoms with E-state index in [1.807, 2.05) is 66.2 Å². The number of fused-ring (bicyclic) bond motifs is 3. The Morgan fingerprint density at radius 2 is 1.76 bits per heavy atom. The first kappa shape index (κ1) is 21.7. The molecule has 5 nitrogen and oxygen atoms in total. The van der Waals surface area contributed by atoms with Crippen LogP contribution in [0.4, 0.5) is 19.3 Å². The van der Waals surface area contributed by atoms with Crippen molar-refractivity contribution in [2.45, 2.75) is 19.5 Å². The number of methoxy groups -OCH3 is 1. The third kappa shape index (κ3) is 3.90. The third-order valence-electron chi connectivity index (χ3n) is 6.02. The molecule has 3 aromatic carbocycles. The molecule has 0 saturated heterocycles. The van der Waals surface area contributed by atoms with Crippen LogP contribution in [0.25, 0.3) is 5.69 Å². The molecule has 1 N–H and O–H groups in total. The van der Waals surface area contributed by atoms with Crippen molar-refractivity contribution in [3.8, 4) is 11.4 Å². The van der Waals surface area contributed by atoms with Gasteiger partial charge in [-0.3, -0.25) is 0 Å². The zero-order chi connectivity index (χ0) is 23.8. The van der Waals surface area contributed by atoms with Crippen LogP contribution in [-0.2, 0) is 6.54 Å². The highest BCUT2D eigenvalue weighted by Gasteiger charge is 2.33. The van der Waals surface area contributed by atoms with Crippen LogP contribution in [0.1, 0.15) is 28.4 Å². The Morgan fingerprint density at radius 1 is 1.00 bits per heavy atom. The Morgan fingerprint density at radius 3 is 2.53 bits per heavy atom. The van der Waals surface area contributed by atoms with Crippen LogP contribution in [0.5, 0.6) is 5.75 Å². The average molecular weight is 459 g/mol. The SMILES string of the molecule is COc1ccc(C)cc1NC(=O)N1Cc2ccccc2-n2cccc2[C@H]1c1cc(F)cc(F)c1. The molecule has 0 unspecified atom stereocenters. The fraction of sp³-hybridized carbons (Fsp3) is 0.148. The standard InChI is InChI=1S/C27H23F2N3O2/c1-17-9-10-25(34-2)22(12-17)30-27(33)32-16-18-6-3-4-7-23(18)31-11-5-8-24(31)26(32)19-13-20(28)15-21(29)14-19/h3-15,26H,16H2,1-2H3,(H,30,33)/t26-/m1/s1. The van der Waals surface area contributed by atoms with E-state index in [0.29, 0.717) is 17.0 Å². The Labute approximate surface area is 196 Å². The first-order chi connectivity index (χ1) is 16.4. The maximum absolute atomic E-state index is 14.3. The van der Waals surface area contributed by atoms with Gasteiger partial charge in [0.1, 0.15) is 17.4 Å². The summed E-state index contributed by atoms with van der Waals surface area (Å²) in [5, 5.41) is 2.95. The summed E-state index contributed by atoms with van der Waals surface area (Å²) in [6.45, 7) is 2.16. The molecule has 7 heteroatoms. The van der Waals surface area contributed by atoms with Crippen LogP contribution >= 0.6 is 0 Å². The summed E-state index contributed by atoms with van der Waals surface area (Å²) in [5.41, 5.74) is 4.36. The topological polar surface area (TPSA) is 46.5 Å². The first-order valence-electron chi connectivity index (χ1n) is 10.9. The monoisotopic (exact) mass is 459 g/mol. The van der Waals surface area contributed by atoms with E-state index in [9.17, 15) is 13.6 Å². The van der Waals surface area contributed by atoms with E-state index in [0.717, 1.165) is 28.6 Å². The summed E-state index contributed by atoms with van der Waals surface area (Å²) in [5.74, 6) is -0.878. The van der Waals surface area contributed by atoms with E-state index in [-0.39, 0.29) is 6.54 Å². The number of hydrogen-bond donors (Lipinski definition) is 1. The van der Waals surface area contributed by atoms with Gasteiger partial charge < -0.3 is 19.5 Å². The van der Waals surface area contributed by atoms with Gasteiger partial charge in [-0.1, -0.05) is 24.3 Å². The summed E-state index contributed by atoms with van der Waals surface area (Å²) >= 11 is 0. The zero-order valence-electron chi connectivity index (χ0n) is 18.8. The average Bonchev–Trinajstić information content (AvgIpc) is 3.22. The largest absolute Gasteiger partial charge is 0.495 e. The fourth-order valence-electron chi connectivity index (χ4n) is 4.53. The Kier molecular flexibility index (Phi) is 5.53. The molecule has 1 aliphatic heterocycles. The normalized spacial score (nSPS) is 14.7. The number of nitrogens with zero attached hydrogens (tertiary/aromatic N) is 2. The second kappa shape index (κ2) is 8.67. The minimum Gasteiger partial charge on any atom is -0.495 e. The minimum atomic E-state index is -0.733. The molecule has 5 rings (SSSR count). The molecule has 172 valence electrons. The quantitative estimate of drug-likeness (QED) is 0.396. The van der Waals surface area contributed by atoms with Crippen LogP contribution in [0.3, 0.4) is 0 Å². The van der Waals surface area contributed by atoms with Gasteiger partial charge in [-0.05, 0) is 66.1 Å². The second-order valence-corrected chi connectivity index (χ2v) is 8.30. The number of para-hydroxylation sites is 1. The number of urea groups is 1. The molecule has 34 heavy (non-hydrogen) atoms. The van der Waals surface area contributed by atoms with Gasteiger partial charge in [0.15, 0.2) is 0 Å². The lowest BCUT2D eigenvalue weighted by atomic mass is 10.0. The molecular formula is C27H23F2N3O2. The summed E-state index contributed by atoms with van der Waals surface area (Å²) in [7, 11) is 1.54. The maximum Gasteiger partial charge on any atom is 0.323 e. The van der Waals surface area contributed by atoms with Crippen molar-refractivity contribution >= 4 is 11.7 Å². The van der Waals surface area contributed by atoms with Crippen LogP contribution in [0, 0.1) is 18.6 Å². The Balaban J connectivity index is 1.66. The number of nitrogens with one attached hydrogen (secondary N) is 1. The molecule has 0 saturated carbocycles. The molecule has 0 aliphatic carbocycles. The molecule has 1 aromatic heterocycles. The van der Waals surface area contributed by atoms with E-state index in [4.69, 9.17) is 4.74 Å². The summed E-state index contributed by atoms with van der Waals surface area (Å²) in [6.07, 6.45) is 1.89. The third-order valence-corrected chi connectivity index (χ3v) is 6.02. The van der Waals surface area contributed by atoms with E-state index >= 15 is 0 Å². The number of benzene rings is 3. The molecule has 4 aromatic rings. The van der Waals surface area contributed by atoms with Crippen LogP contribution in [0.2, 0.25) is 0 Å². The molecule has 1 aliphatic rings. The van der Waals surface area contributed by atoms with Crippen molar-refractivity contribution in [2.75, 3.05) is 12.4 Å². The molecule has 2 amide bonds. The highest BCUT2D eigenvalue weighted by Crippen LogP contribution is 2.38. The van der Waals surface area contributed by atoms with Crippen molar-refractivity contribution in [1.82, 2.24) is 9.47 Å². The van der Waals surface area contributed by atoms with E-state index in [1.54, 1.807) is 11.0 Å². The van der Waals surface area contributed by atoms with E-state index < -0.39 is 23.7 Å². The maximum atomic E-state index is 14.3. The number of aryl methyl sites for hydroxylation is 1. The van der Waals surface area contributed by atoms with Gasteiger partial charge in [0.05, 0.1) is 31.1 Å². The van der Waals surface area contributed by atoms with Crippen molar-refractivity contribution in [2.24, 2.45) is 0 Å². The number of hydrogen-bond acceptors (Lipinski definition) is 2. The number of rotatable bonds is 3. The lowest BCUT2D eigenvalue weighted by Crippen LogP contribution is -2.38. The predicted molar refractivity (Wildman–Crippen MR) is 126 cm³/mol. The van der Waals surface area contributed by atoms with Crippen molar-refractivity contribution in [3.63, 3.8) is 0 Å². The number of ether oxygens (including phenoxy) is 1. The zero-order valence-corrected chi connectivity index (χ0v) is 18.8. The number of carbonyl (C=O) groups excluding carboxylic acids is 1. The van der Waals surface area contributed by atoms with Crippen LogP contribution in [-0.4, -0.2) is 22.6 Å². The van der Waals surface area contributed by atoms with E-state index in [1.165, 1.54) is 19.2 Å². The number of carbonyl (C=O) groups is 1.